The van der Waals surface area contributed by atoms with E-state index in [1.165, 1.54) is 5.56 Å². The molecule has 0 bridgehead atoms. The zero-order valence-corrected chi connectivity index (χ0v) is 15.1. The number of hydrogen-bond acceptors (Lipinski definition) is 5. The number of hydrogen-bond donors (Lipinski definition) is 1. The van der Waals surface area contributed by atoms with Crippen molar-refractivity contribution >= 4 is 21.6 Å². The Bertz CT molecular complexity index is 963. The highest BCUT2D eigenvalue weighted by molar-refractivity contribution is 7.18. The molecule has 4 heterocycles. The first-order valence-corrected chi connectivity index (χ1v) is 9.00. The number of H-pyrrole nitrogens is 1. The zero-order valence-electron chi connectivity index (χ0n) is 14.3. The smallest absolute Gasteiger partial charge is 0.259 e. The van der Waals surface area contributed by atoms with Crippen molar-refractivity contribution in [3.8, 4) is 0 Å². The number of aromatic amines is 1. The lowest BCUT2D eigenvalue weighted by Crippen LogP contribution is -2.49. The van der Waals surface area contributed by atoms with E-state index in [1.54, 1.807) is 11.3 Å². The molecule has 0 spiro atoms. The summed E-state index contributed by atoms with van der Waals surface area (Å²) >= 11 is 1.60. The lowest BCUT2D eigenvalue weighted by Gasteiger charge is -2.42. The zero-order chi connectivity index (χ0) is 17.0. The van der Waals surface area contributed by atoms with Crippen LogP contribution in [0.3, 0.4) is 0 Å². The van der Waals surface area contributed by atoms with Crippen LogP contribution in [-0.2, 0) is 0 Å². The normalized spacial score (nSPS) is 17.3. The van der Waals surface area contributed by atoms with Crippen LogP contribution in [0.2, 0.25) is 0 Å². The van der Waals surface area contributed by atoms with Gasteiger partial charge in [0.1, 0.15) is 10.7 Å². The van der Waals surface area contributed by atoms with Crippen molar-refractivity contribution in [3.05, 3.63) is 44.6 Å². The number of fused-ring (bicyclic) bond motifs is 1. The Kier molecular flexibility index (Phi) is 3.58. The Morgan fingerprint density at radius 2 is 2.08 bits per heavy atom. The number of aromatic nitrogens is 4. The SMILES string of the molecule is Cc1cnn(C2CN([C@@H](C)c3nc4sc(C)c(C)c4c(=O)[nH]3)C2)c1. The molecule has 3 aromatic rings. The standard InChI is InChI=1S/C17H21N5OS/c1-9-5-18-22(6-9)13-7-21(8-13)11(3)15-19-16(23)14-10(2)12(4)24-17(14)20-15/h5-6,11,13H,7-8H2,1-4H3,(H,19,20,23)/t11-/m0/s1. The minimum atomic E-state index is -0.0246. The predicted octanol–water partition coefficient (Wildman–Crippen LogP) is 2.72. The molecule has 1 saturated heterocycles. The summed E-state index contributed by atoms with van der Waals surface area (Å²) in [6.45, 7) is 10.0. The van der Waals surface area contributed by atoms with E-state index >= 15 is 0 Å². The molecule has 6 nitrogen and oxygen atoms in total. The van der Waals surface area contributed by atoms with Crippen molar-refractivity contribution in [2.24, 2.45) is 0 Å². The van der Waals surface area contributed by atoms with E-state index in [0.29, 0.717) is 6.04 Å². The van der Waals surface area contributed by atoms with Gasteiger partial charge in [0.05, 0.1) is 23.7 Å². The minimum absolute atomic E-state index is 0.0246. The molecule has 1 aliphatic rings. The molecule has 1 aliphatic heterocycles. The molecule has 1 N–H and O–H groups in total. The molecule has 0 saturated carbocycles. The highest BCUT2D eigenvalue weighted by Gasteiger charge is 2.33. The Balaban J connectivity index is 1.56. The minimum Gasteiger partial charge on any atom is -0.309 e. The number of aryl methyl sites for hydroxylation is 3. The van der Waals surface area contributed by atoms with Crippen molar-refractivity contribution in [2.45, 2.75) is 39.8 Å². The van der Waals surface area contributed by atoms with Gasteiger partial charge < -0.3 is 4.98 Å². The van der Waals surface area contributed by atoms with Gasteiger partial charge in [0.2, 0.25) is 0 Å². The molecule has 0 amide bonds. The monoisotopic (exact) mass is 343 g/mol. The second-order valence-electron chi connectivity index (χ2n) is 6.70. The van der Waals surface area contributed by atoms with Crippen LogP contribution in [0.25, 0.3) is 10.2 Å². The lowest BCUT2D eigenvalue weighted by atomic mass is 10.1. The summed E-state index contributed by atoms with van der Waals surface area (Å²) in [4.78, 5) is 24.5. The predicted molar refractivity (Wildman–Crippen MR) is 95.7 cm³/mol. The molecular weight excluding hydrogens is 322 g/mol. The third kappa shape index (κ3) is 2.39. The first kappa shape index (κ1) is 15.5. The summed E-state index contributed by atoms with van der Waals surface area (Å²) in [5.41, 5.74) is 2.20. The molecule has 24 heavy (non-hydrogen) atoms. The van der Waals surface area contributed by atoms with Gasteiger partial charge in [-0.05, 0) is 38.8 Å². The van der Waals surface area contributed by atoms with Gasteiger partial charge in [-0.25, -0.2) is 4.98 Å². The van der Waals surface area contributed by atoms with Crippen molar-refractivity contribution in [1.29, 1.82) is 0 Å². The summed E-state index contributed by atoms with van der Waals surface area (Å²) in [7, 11) is 0. The molecule has 7 heteroatoms. The maximum atomic E-state index is 12.4. The van der Waals surface area contributed by atoms with Gasteiger partial charge in [-0.1, -0.05) is 0 Å². The molecule has 1 fully saturated rings. The number of thiophene rings is 1. The van der Waals surface area contributed by atoms with E-state index in [4.69, 9.17) is 4.98 Å². The summed E-state index contributed by atoms with van der Waals surface area (Å²) in [6.07, 6.45) is 3.97. The maximum Gasteiger partial charge on any atom is 0.259 e. The fraction of sp³-hybridized carbons (Fsp3) is 0.471. The second-order valence-corrected chi connectivity index (χ2v) is 7.90. The van der Waals surface area contributed by atoms with Gasteiger partial charge >= 0.3 is 0 Å². The molecular formula is C17H21N5OS. The second kappa shape index (κ2) is 5.53. The Morgan fingerprint density at radius 3 is 2.75 bits per heavy atom. The third-order valence-electron chi connectivity index (χ3n) is 5.00. The van der Waals surface area contributed by atoms with Crippen LogP contribution in [0.1, 0.15) is 40.8 Å². The molecule has 0 aromatic carbocycles. The summed E-state index contributed by atoms with van der Waals surface area (Å²) in [5.74, 6) is 0.754. The van der Waals surface area contributed by atoms with Gasteiger partial charge in [-0.2, -0.15) is 5.10 Å². The average molecular weight is 343 g/mol. The van der Waals surface area contributed by atoms with Gasteiger partial charge in [-0.15, -0.1) is 11.3 Å². The quantitative estimate of drug-likeness (QED) is 0.794. The Labute approximate surface area is 144 Å². The van der Waals surface area contributed by atoms with Crippen molar-refractivity contribution in [1.82, 2.24) is 24.6 Å². The molecule has 126 valence electrons. The van der Waals surface area contributed by atoms with E-state index in [0.717, 1.165) is 39.6 Å². The van der Waals surface area contributed by atoms with Crippen molar-refractivity contribution in [3.63, 3.8) is 0 Å². The highest BCUT2D eigenvalue weighted by atomic mass is 32.1. The van der Waals surface area contributed by atoms with E-state index < -0.39 is 0 Å². The number of rotatable bonds is 3. The van der Waals surface area contributed by atoms with Crippen LogP contribution in [0.15, 0.2) is 17.2 Å². The third-order valence-corrected chi connectivity index (χ3v) is 6.10. The molecule has 4 rings (SSSR count). The largest absolute Gasteiger partial charge is 0.309 e. The number of nitrogens with one attached hydrogen (secondary N) is 1. The van der Waals surface area contributed by atoms with E-state index in [1.807, 2.05) is 24.7 Å². The topological polar surface area (TPSA) is 66.8 Å². The summed E-state index contributed by atoms with van der Waals surface area (Å²) in [5, 5.41) is 5.13. The first-order chi connectivity index (χ1) is 11.4. The molecule has 0 radical (unpaired) electrons. The first-order valence-electron chi connectivity index (χ1n) is 8.18. The van der Waals surface area contributed by atoms with E-state index in [2.05, 4.69) is 35.0 Å². The lowest BCUT2D eigenvalue weighted by molar-refractivity contribution is 0.0561. The molecule has 1 atom stereocenters. The van der Waals surface area contributed by atoms with Crippen LogP contribution >= 0.6 is 11.3 Å². The van der Waals surface area contributed by atoms with Crippen LogP contribution < -0.4 is 5.56 Å². The van der Waals surface area contributed by atoms with E-state index in [9.17, 15) is 4.79 Å². The van der Waals surface area contributed by atoms with Gasteiger partial charge in [0.15, 0.2) is 0 Å². The van der Waals surface area contributed by atoms with Gasteiger partial charge in [0, 0.05) is 24.2 Å². The Hall–Kier alpha value is -1.99. The fourth-order valence-corrected chi connectivity index (χ4v) is 4.28. The van der Waals surface area contributed by atoms with Crippen LogP contribution in [0, 0.1) is 20.8 Å². The highest BCUT2D eigenvalue weighted by Crippen LogP contribution is 2.31. The number of nitrogens with zero attached hydrogens (tertiary/aromatic N) is 4. The van der Waals surface area contributed by atoms with Crippen LogP contribution in [0.4, 0.5) is 0 Å². The summed E-state index contributed by atoms with van der Waals surface area (Å²) < 4.78 is 2.03. The van der Waals surface area contributed by atoms with E-state index in [-0.39, 0.29) is 11.6 Å². The van der Waals surface area contributed by atoms with Crippen LogP contribution in [-0.4, -0.2) is 37.7 Å². The van der Waals surface area contributed by atoms with Crippen LogP contribution in [0.5, 0.6) is 0 Å². The number of likely N-dealkylation sites (tertiary alicyclic amines) is 1. The Morgan fingerprint density at radius 1 is 1.33 bits per heavy atom. The van der Waals surface area contributed by atoms with Crippen molar-refractivity contribution < 1.29 is 0 Å². The molecule has 0 aliphatic carbocycles. The van der Waals surface area contributed by atoms with Gasteiger partial charge in [-0.3, -0.25) is 14.4 Å². The summed E-state index contributed by atoms with van der Waals surface area (Å²) in [6, 6.07) is 0.501. The molecule has 3 aromatic heterocycles. The average Bonchev–Trinajstić information content (AvgIpc) is 3.02. The fourth-order valence-electron chi connectivity index (χ4n) is 3.25. The van der Waals surface area contributed by atoms with Crippen molar-refractivity contribution in [2.75, 3.05) is 13.1 Å². The van der Waals surface area contributed by atoms with Gasteiger partial charge in [0.25, 0.3) is 5.56 Å². The maximum absolute atomic E-state index is 12.4. The molecule has 0 unspecified atom stereocenters.